The van der Waals surface area contributed by atoms with Gasteiger partial charge in [-0.25, -0.2) is 0 Å². The number of hydrogen-bond acceptors (Lipinski definition) is 5. The van der Waals surface area contributed by atoms with E-state index in [1.165, 1.54) is 0 Å². The Morgan fingerprint density at radius 3 is 2.72 bits per heavy atom. The molecule has 0 saturated heterocycles. The van der Waals surface area contributed by atoms with Gasteiger partial charge in [0.2, 0.25) is 5.89 Å². The Bertz CT molecular complexity index is 352. The first kappa shape index (κ1) is 14.9. The number of alkyl halides is 3. The fourth-order valence-corrected chi connectivity index (χ4v) is 1.11. The molecule has 0 atom stereocenters. The topological polar surface area (TPSA) is 60.2 Å². The molecular formula is C10H16F3N3O2. The van der Waals surface area contributed by atoms with Crippen molar-refractivity contribution in [3.05, 3.63) is 11.7 Å². The van der Waals surface area contributed by atoms with Gasteiger partial charge in [0.15, 0.2) is 5.82 Å². The van der Waals surface area contributed by atoms with Crippen LogP contribution in [0.4, 0.5) is 13.2 Å². The van der Waals surface area contributed by atoms with Crippen LogP contribution in [-0.4, -0.2) is 35.6 Å². The molecule has 0 fully saturated rings. The second-order valence-electron chi connectivity index (χ2n) is 4.06. The van der Waals surface area contributed by atoms with Gasteiger partial charge in [-0.1, -0.05) is 19.0 Å². The minimum absolute atomic E-state index is 0.0985. The van der Waals surface area contributed by atoms with Crippen molar-refractivity contribution in [3.8, 4) is 0 Å². The Hall–Kier alpha value is -1.15. The summed E-state index contributed by atoms with van der Waals surface area (Å²) in [7, 11) is 0. The molecule has 1 rings (SSSR count). The zero-order valence-electron chi connectivity index (χ0n) is 10.3. The number of rotatable bonds is 7. The summed E-state index contributed by atoms with van der Waals surface area (Å²) >= 11 is 0. The normalized spacial score (nSPS) is 12.3. The molecule has 1 heterocycles. The average Bonchev–Trinajstić information content (AvgIpc) is 2.68. The highest BCUT2D eigenvalue weighted by Gasteiger charge is 2.27. The van der Waals surface area contributed by atoms with Crippen molar-refractivity contribution in [1.29, 1.82) is 0 Å². The van der Waals surface area contributed by atoms with E-state index in [0.29, 0.717) is 18.4 Å². The third-order valence-electron chi connectivity index (χ3n) is 1.90. The molecule has 1 aromatic heterocycles. The van der Waals surface area contributed by atoms with Gasteiger partial charge in [-0.15, -0.1) is 0 Å². The summed E-state index contributed by atoms with van der Waals surface area (Å²) in [4.78, 5) is 4.01. The molecule has 8 heteroatoms. The van der Waals surface area contributed by atoms with Crippen LogP contribution in [0.2, 0.25) is 0 Å². The lowest BCUT2D eigenvalue weighted by molar-refractivity contribution is -0.173. The summed E-state index contributed by atoms with van der Waals surface area (Å²) in [5, 5.41) is 6.79. The van der Waals surface area contributed by atoms with Crippen molar-refractivity contribution in [2.24, 2.45) is 0 Å². The van der Waals surface area contributed by atoms with Gasteiger partial charge in [0.05, 0.1) is 19.6 Å². The minimum atomic E-state index is -4.30. The minimum Gasteiger partial charge on any atom is -0.372 e. The Morgan fingerprint density at radius 2 is 2.11 bits per heavy atom. The quantitative estimate of drug-likeness (QED) is 0.762. The van der Waals surface area contributed by atoms with E-state index in [4.69, 9.17) is 4.52 Å². The fourth-order valence-electron chi connectivity index (χ4n) is 1.11. The third-order valence-corrected chi connectivity index (χ3v) is 1.90. The van der Waals surface area contributed by atoms with E-state index in [-0.39, 0.29) is 18.9 Å². The van der Waals surface area contributed by atoms with E-state index in [9.17, 15) is 13.2 Å². The van der Waals surface area contributed by atoms with Gasteiger partial charge < -0.3 is 14.6 Å². The number of nitrogens with one attached hydrogen (secondary N) is 1. The molecule has 0 bridgehead atoms. The molecule has 0 amide bonds. The second kappa shape index (κ2) is 6.69. The van der Waals surface area contributed by atoms with E-state index in [2.05, 4.69) is 20.2 Å². The van der Waals surface area contributed by atoms with Crippen molar-refractivity contribution >= 4 is 0 Å². The monoisotopic (exact) mass is 267 g/mol. The molecule has 1 aromatic rings. The molecule has 0 radical (unpaired) electrons. The van der Waals surface area contributed by atoms with Crippen LogP contribution in [0.3, 0.4) is 0 Å². The summed E-state index contributed by atoms with van der Waals surface area (Å²) in [6.07, 6.45) is -4.13. The van der Waals surface area contributed by atoms with Crippen LogP contribution in [0.25, 0.3) is 0 Å². The molecule has 5 nitrogen and oxygen atoms in total. The molecule has 1 N–H and O–H groups in total. The van der Waals surface area contributed by atoms with E-state index >= 15 is 0 Å². The molecule has 0 aliphatic rings. The maximum absolute atomic E-state index is 11.8. The van der Waals surface area contributed by atoms with Crippen LogP contribution in [-0.2, 0) is 17.7 Å². The Labute approximate surface area is 103 Å². The van der Waals surface area contributed by atoms with Crippen molar-refractivity contribution in [1.82, 2.24) is 15.5 Å². The highest BCUT2D eigenvalue weighted by Crippen LogP contribution is 2.14. The standard InChI is InChI=1S/C10H16F3N3O2/c1-7(2)14-5-8-15-9(18-16-8)3-4-17-6-10(11,12)13/h7,14H,3-6H2,1-2H3. The lowest BCUT2D eigenvalue weighted by Crippen LogP contribution is -2.22. The number of ether oxygens (including phenoxy) is 1. The summed E-state index contributed by atoms with van der Waals surface area (Å²) in [6, 6.07) is 0.294. The average molecular weight is 267 g/mol. The molecule has 104 valence electrons. The highest BCUT2D eigenvalue weighted by molar-refractivity contribution is 4.86. The predicted octanol–water partition coefficient (Wildman–Crippen LogP) is 1.69. The molecule has 0 aliphatic heterocycles. The molecule has 18 heavy (non-hydrogen) atoms. The van der Waals surface area contributed by atoms with Gasteiger partial charge in [-0.3, -0.25) is 0 Å². The van der Waals surface area contributed by atoms with Crippen LogP contribution in [0.1, 0.15) is 25.6 Å². The summed E-state index contributed by atoms with van der Waals surface area (Å²) in [5.74, 6) is 0.757. The fraction of sp³-hybridized carbons (Fsp3) is 0.800. The van der Waals surface area contributed by atoms with Crippen LogP contribution < -0.4 is 5.32 Å². The SMILES string of the molecule is CC(C)NCc1noc(CCOCC(F)(F)F)n1. The lowest BCUT2D eigenvalue weighted by atomic mass is 10.4. The molecule has 0 aromatic carbocycles. The first-order valence-corrected chi connectivity index (χ1v) is 5.56. The van der Waals surface area contributed by atoms with E-state index in [1.54, 1.807) is 0 Å². The second-order valence-corrected chi connectivity index (χ2v) is 4.06. The Morgan fingerprint density at radius 1 is 1.39 bits per heavy atom. The predicted molar refractivity (Wildman–Crippen MR) is 56.9 cm³/mol. The van der Waals surface area contributed by atoms with Gasteiger partial charge in [-0.2, -0.15) is 18.2 Å². The van der Waals surface area contributed by atoms with Crippen LogP contribution in [0.5, 0.6) is 0 Å². The van der Waals surface area contributed by atoms with E-state index in [0.717, 1.165) is 0 Å². The molecule has 0 unspecified atom stereocenters. The first-order chi connectivity index (χ1) is 8.37. The van der Waals surface area contributed by atoms with Gasteiger partial charge in [0, 0.05) is 6.04 Å². The Balaban J connectivity index is 2.23. The molecule has 0 saturated carbocycles. The van der Waals surface area contributed by atoms with Crippen LogP contribution >= 0.6 is 0 Å². The zero-order chi connectivity index (χ0) is 13.6. The third kappa shape index (κ3) is 6.55. The number of halogens is 3. The van der Waals surface area contributed by atoms with E-state index < -0.39 is 12.8 Å². The van der Waals surface area contributed by atoms with E-state index in [1.807, 2.05) is 13.8 Å². The van der Waals surface area contributed by atoms with Gasteiger partial charge in [-0.05, 0) is 0 Å². The largest absolute Gasteiger partial charge is 0.411 e. The number of aromatic nitrogens is 2. The van der Waals surface area contributed by atoms with Gasteiger partial charge in [0.25, 0.3) is 0 Å². The smallest absolute Gasteiger partial charge is 0.372 e. The molecular weight excluding hydrogens is 251 g/mol. The number of hydrogen-bond donors (Lipinski definition) is 1. The van der Waals surface area contributed by atoms with Gasteiger partial charge >= 0.3 is 6.18 Å². The maximum atomic E-state index is 11.8. The van der Waals surface area contributed by atoms with Gasteiger partial charge in [0.1, 0.15) is 6.61 Å². The van der Waals surface area contributed by atoms with Crippen molar-refractivity contribution < 1.29 is 22.4 Å². The Kier molecular flexibility index (Phi) is 5.54. The maximum Gasteiger partial charge on any atom is 0.411 e. The molecule has 0 aliphatic carbocycles. The van der Waals surface area contributed by atoms with Crippen LogP contribution in [0.15, 0.2) is 4.52 Å². The lowest BCUT2D eigenvalue weighted by Gasteiger charge is -2.05. The van der Waals surface area contributed by atoms with Crippen LogP contribution in [0, 0.1) is 0 Å². The highest BCUT2D eigenvalue weighted by atomic mass is 19.4. The van der Waals surface area contributed by atoms with Crippen molar-refractivity contribution in [3.63, 3.8) is 0 Å². The molecule has 0 spiro atoms. The zero-order valence-corrected chi connectivity index (χ0v) is 10.3. The summed E-state index contributed by atoms with van der Waals surface area (Å²) < 4.78 is 44.6. The first-order valence-electron chi connectivity index (χ1n) is 5.56. The summed E-state index contributed by atoms with van der Waals surface area (Å²) in [5.41, 5.74) is 0. The summed E-state index contributed by atoms with van der Waals surface area (Å²) in [6.45, 7) is 3.06. The number of nitrogens with zero attached hydrogens (tertiary/aromatic N) is 2. The van der Waals surface area contributed by atoms with Crippen molar-refractivity contribution in [2.45, 2.75) is 39.0 Å². The van der Waals surface area contributed by atoms with Crippen molar-refractivity contribution in [2.75, 3.05) is 13.2 Å².